The normalized spacial score (nSPS) is 18.9. The molecule has 1 aromatic rings. The van der Waals surface area contributed by atoms with Crippen molar-refractivity contribution in [3.8, 4) is 0 Å². The van der Waals surface area contributed by atoms with Gasteiger partial charge in [-0.1, -0.05) is 24.3 Å². The van der Waals surface area contributed by atoms with Gasteiger partial charge in [0.2, 0.25) is 5.78 Å². The maximum Gasteiger partial charge on any atom is 0.275 e. The van der Waals surface area contributed by atoms with E-state index in [4.69, 9.17) is 0 Å². The highest BCUT2D eigenvalue weighted by Crippen LogP contribution is 2.28. The molecule has 15 heavy (non-hydrogen) atoms. The Morgan fingerprint density at radius 3 is 2.20 bits per heavy atom. The molecule has 0 radical (unpaired) electrons. The molecule has 0 aliphatic heterocycles. The van der Waals surface area contributed by atoms with Gasteiger partial charge in [0.1, 0.15) is 0 Å². The van der Waals surface area contributed by atoms with Crippen LogP contribution in [0.2, 0.25) is 0 Å². The Morgan fingerprint density at radius 2 is 1.53 bits per heavy atom. The van der Waals surface area contributed by atoms with E-state index in [2.05, 4.69) is 0 Å². The molecule has 2 N–H and O–H groups in total. The van der Waals surface area contributed by atoms with Crippen LogP contribution in [0, 0.1) is 0 Å². The molecule has 0 unspecified atom stereocenters. The number of carbonyl (C=O) groups is 3. The Kier molecular flexibility index (Phi) is 1.82. The van der Waals surface area contributed by atoms with Crippen LogP contribution in [0.3, 0.4) is 0 Å². The highest BCUT2D eigenvalue weighted by atomic mass is 16.5. The number of hydrogen-bond acceptors (Lipinski definition) is 5. The molecular weight excluding hydrogens is 200 g/mol. The van der Waals surface area contributed by atoms with Gasteiger partial charge in [-0.05, 0) is 0 Å². The van der Waals surface area contributed by atoms with Crippen LogP contribution in [0.15, 0.2) is 24.3 Å². The smallest absolute Gasteiger partial charge is 0.275 e. The fourth-order valence-electron chi connectivity index (χ4n) is 1.49. The Labute approximate surface area is 84.0 Å². The first kappa shape index (κ1) is 9.70. The summed E-state index contributed by atoms with van der Waals surface area (Å²) in [7, 11) is 0. The topological polar surface area (TPSA) is 91.7 Å². The maximum atomic E-state index is 11.3. The molecule has 0 bridgehead atoms. The Hall–Kier alpha value is -1.85. The van der Waals surface area contributed by atoms with E-state index < -0.39 is 23.1 Å². The lowest BCUT2D eigenvalue weighted by molar-refractivity contribution is -0.188. The summed E-state index contributed by atoms with van der Waals surface area (Å²) >= 11 is 0. The molecule has 1 aliphatic rings. The Morgan fingerprint density at radius 1 is 0.933 bits per heavy atom. The molecular formula is C10H6O5. The van der Waals surface area contributed by atoms with Crippen molar-refractivity contribution in [1.29, 1.82) is 0 Å². The van der Waals surface area contributed by atoms with Gasteiger partial charge >= 0.3 is 0 Å². The number of rotatable bonds is 0. The van der Waals surface area contributed by atoms with Gasteiger partial charge in [0, 0.05) is 11.1 Å². The molecule has 0 aromatic heterocycles. The largest absolute Gasteiger partial charge is 0.356 e. The third-order valence-electron chi connectivity index (χ3n) is 2.28. The Bertz CT molecular complexity index is 486. The minimum Gasteiger partial charge on any atom is -0.356 e. The molecule has 0 amide bonds. The highest BCUT2D eigenvalue weighted by molar-refractivity contribution is 6.69. The molecule has 5 nitrogen and oxygen atoms in total. The standard InChI is InChI=1S/C10H6O5/c11-7-5-3-1-2-4-6(5)10(14,15)9(13)8(7)12/h1-4,14-15H. The summed E-state index contributed by atoms with van der Waals surface area (Å²) in [6.07, 6.45) is 0. The molecule has 0 saturated heterocycles. The zero-order valence-electron chi connectivity index (χ0n) is 7.43. The lowest BCUT2D eigenvalue weighted by atomic mass is 9.84. The van der Waals surface area contributed by atoms with Gasteiger partial charge < -0.3 is 10.2 Å². The summed E-state index contributed by atoms with van der Waals surface area (Å²) in [4.78, 5) is 33.6. The van der Waals surface area contributed by atoms with Crippen molar-refractivity contribution >= 4 is 17.3 Å². The van der Waals surface area contributed by atoms with Crippen molar-refractivity contribution in [2.24, 2.45) is 0 Å². The summed E-state index contributed by atoms with van der Waals surface area (Å²) < 4.78 is 0. The molecule has 0 heterocycles. The number of aliphatic hydroxyl groups is 2. The lowest BCUT2D eigenvalue weighted by Crippen LogP contribution is -2.48. The van der Waals surface area contributed by atoms with Crippen LogP contribution in [0.1, 0.15) is 15.9 Å². The Balaban J connectivity index is 2.77. The van der Waals surface area contributed by atoms with Crippen LogP contribution >= 0.6 is 0 Å². The number of Topliss-reactive ketones (excluding diaryl/α,β-unsaturated/α-hetero) is 3. The summed E-state index contributed by atoms with van der Waals surface area (Å²) in [5.41, 5.74) is -0.397. The van der Waals surface area contributed by atoms with E-state index in [0.29, 0.717) is 0 Å². The SMILES string of the molecule is O=C1C(=O)c2ccccc2C(O)(O)C1=O. The van der Waals surface area contributed by atoms with Crippen molar-refractivity contribution in [3.05, 3.63) is 35.4 Å². The van der Waals surface area contributed by atoms with Crippen LogP contribution in [0.4, 0.5) is 0 Å². The fourth-order valence-corrected chi connectivity index (χ4v) is 1.49. The average molecular weight is 206 g/mol. The van der Waals surface area contributed by atoms with E-state index >= 15 is 0 Å². The molecule has 0 saturated carbocycles. The highest BCUT2D eigenvalue weighted by Gasteiger charge is 2.49. The van der Waals surface area contributed by atoms with Gasteiger partial charge in [-0.3, -0.25) is 14.4 Å². The zero-order valence-corrected chi connectivity index (χ0v) is 7.43. The second kappa shape index (κ2) is 2.82. The average Bonchev–Trinajstić information content (AvgIpc) is 2.24. The van der Waals surface area contributed by atoms with Crippen molar-refractivity contribution in [1.82, 2.24) is 0 Å². The number of hydrogen-bond donors (Lipinski definition) is 2. The third kappa shape index (κ3) is 1.14. The van der Waals surface area contributed by atoms with Gasteiger partial charge in [0.25, 0.3) is 17.4 Å². The third-order valence-corrected chi connectivity index (χ3v) is 2.28. The van der Waals surface area contributed by atoms with Gasteiger partial charge in [0.15, 0.2) is 0 Å². The van der Waals surface area contributed by atoms with E-state index in [-0.39, 0.29) is 11.1 Å². The molecule has 1 aliphatic carbocycles. The van der Waals surface area contributed by atoms with Crippen LogP contribution < -0.4 is 0 Å². The fraction of sp³-hybridized carbons (Fsp3) is 0.100. The van der Waals surface area contributed by atoms with Gasteiger partial charge in [0.05, 0.1) is 0 Å². The molecule has 1 aromatic carbocycles. The maximum absolute atomic E-state index is 11.3. The van der Waals surface area contributed by atoms with Crippen LogP contribution in [0.25, 0.3) is 0 Å². The van der Waals surface area contributed by atoms with Crippen molar-refractivity contribution in [2.45, 2.75) is 5.79 Å². The quantitative estimate of drug-likeness (QED) is 0.426. The molecule has 0 atom stereocenters. The summed E-state index contributed by atoms with van der Waals surface area (Å²) in [6, 6.07) is 5.40. The second-order valence-electron chi connectivity index (χ2n) is 3.21. The number of benzene rings is 1. The number of ketones is 3. The monoisotopic (exact) mass is 206 g/mol. The van der Waals surface area contributed by atoms with E-state index in [0.717, 1.165) is 0 Å². The van der Waals surface area contributed by atoms with Gasteiger partial charge in [-0.2, -0.15) is 0 Å². The number of carbonyl (C=O) groups excluding carboxylic acids is 3. The summed E-state index contributed by atoms with van der Waals surface area (Å²) in [6.45, 7) is 0. The molecule has 0 fully saturated rings. The molecule has 5 heteroatoms. The van der Waals surface area contributed by atoms with Crippen LogP contribution in [-0.2, 0) is 15.4 Å². The zero-order chi connectivity index (χ0) is 11.2. The number of fused-ring (bicyclic) bond motifs is 1. The van der Waals surface area contributed by atoms with E-state index in [1.54, 1.807) is 0 Å². The van der Waals surface area contributed by atoms with Gasteiger partial charge in [-0.15, -0.1) is 0 Å². The minimum atomic E-state index is -2.89. The predicted molar refractivity (Wildman–Crippen MR) is 46.9 cm³/mol. The molecule has 2 rings (SSSR count). The van der Waals surface area contributed by atoms with E-state index in [9.17, 15) is 24.6 Å². The van der Waals surface area contributed by atoms with Crippen LogP contribution in [-0.4, -0.2) is 27.6 Å². The first-order valence-electron chi connectivity index (χ1n) is 4.14. The first-order chi connectivity index (χ1) is 6.96. The lowest BCUT2D eigenvalue weighted by Gasteiger charge is -2.25. The van der Waals surface area contributed by atoms with Crippen LogP contribution in [0.5, 0.6) is 0 Å². The second-order valence-corrected chi connectivity index (χ2v) is 3.21. The van der Waals surface area contributed by atoms with Gasteiger partial charge in [-0.25, -0.2) is 0 Å². The molecule has 0 spiro atoms. The molecule has 76 valence electrons. The van der Waals surface area contributed by atoms with Crippen molar-refractivity contribution < 1.29 is 24.6 Å². The summed E-state index contributed by atoms with van der Waals surface area (Å²) in [5, 5.41) is 18.8. The van der Waals surface area contributed by atoms with E-state index in [1.807, 2.05) is 0 Å². The predicted octanol–water partition coefficient (Wildman–Crippen LogP) is -0.842. The van der Waals surface area contributed by atoms with Crippen molar-refractivity contribution in [2.75, 3.05) is 0 Å². The summed E-state index contributed by atoms with van der Waals surface area (Å²) in [5.74, 6) is -6.80. The van der Waals surface area contributed by atoms with Crippen molar-refractivity contribution in [3.63, 3.8) is 0 Å². The van der Waals surface area contributed by atoms with E-state index in [1.165, 1.54) is 24.3 Å². The minimum absolute atomic E-state index is 0.146. The first-order valence-corrected chi connectivity index (χ1v) is 4.14.